The summed E-state index contributed by atoms with van der Waals surface area (Å²) < 4.78 is 5.27. The van der Waals surface area contributed by atoms with Gasteiger partial charge in [-0.2, -0.15) is 0 Å². The third-order valence-corrected chi connectivity index (χ3v) is 5.74. The number of carbonyl (C=O) groups is 3. The average molecular weight is 415 g/mol. The Morgan fingerprint density at radius 3 is 2.52 bits per heavy atom. The van der Waals surface area contributed by atoms with E-state index in [4.69, 9.17) is 4.42 Å². The van der Waals surface area contributed by atoms with Crippen LogP contribution in [0.1, 0.15) is 44.6 Å². The maximum Gasteiger partial charge on any atom is 0.260 e. The molecule has 1 N–H and O–H groups in total. The normalized spacial score (nSPS) is 16.7. The molecule has 0 spiro atoms. The summed E-state index contributed by atoms with van der Waals surface area (Å²) in [5.74, 6) is 0.348. The number of anilines is 1. The highest BCUT2D eigenvalue weighted by Gasteiger charge is 2.47. The number of carbonyl (C=O) groups excluding carboxylic acids is 3. The summed E-state index contributed by atoms with van der Waals surface area (Å²) in [6.07, 6.45) is 1.81. The molecule has 7 nitrogen and oxygen atoms in total. The Bertz CT molecular complexity index is 1160. The number of fused-ring (bicyclic) bond motifs is 5. The summed E-state index contributed by atoms with van der Waals surface area (Å²) in [6, 6.07) is 18.1. The van der Waals surface area contributed by atoms with Crippen molar-refractivity contribution in [2.75, 3.05) is 18.0 Å². The van der Waals surface area contributed by atoms with E-state index >= 15 is 0 Å². The summed E-state index contributed by atoms with van der Waals surface area (Å²) >= 11 is 0. The van der Waals surface area contributed by atoms with Crippen molar-refractivity contribution in [2.24, 2.45) is 0 Å². The predicted octanol–water partition coefficient (Wildman–Crippen LogP) is 3.14. The summed E-state index contributed by atoms with van der Waals surface area (Å²) in [6.45, 7) is 0.669. The topological polar surface area (TPSA) is 82.9 Å². The zero-order valence-electron chi connectivity index (χ0n) is 16.8. The Balaban J connectivity index is 1.36. The first-order valence-corrected chi connectivity index (χ1v) is 10.3. The number of benzene rings is 2. The van der Waals surface area contributed by atoms with Gasteiger partial charge >= 0.3 is 0 Å². The first kappa shape index (κ1) is 19.1. The van der Waals surface area contributed by atoms with Crippen LogP contribution in [-0.2, 0) is 11.2 Å². The van der Waals surface area contributed by atoms with E-state index in [0.717, 1.165) is 11.3 Å². The number of amides is 3. The van der Waals surface area contributed by atoms with Crippen molar-refractivity contribution >= 4 is 23.4 Å². The fourth-order valence-corrected chi connectivity index (χ4v) is 4.29. The first-order valence-electron chi connectivity index (χ1n) is 10.3. The lowest BCUT2D eigenvalue weighted by Crippen LogP contribution is -2.49. The molecule has 3 amide bonds. The zero-order chi connectivity index (χ0) is 21.4. The molecule has 0 aliphatic carbocycles. The molecule has 2 aliphatic rings. The fourth-order valence-electron chi connectivity index (χ4n) is 4.29. The molecule has 5 rings (SSSR count). The van der Waals surface area contributed by atoms with Crippen molar-refractivity contribution in [3.63, 3.8) is 0 Å². The lowest BCUT2D eigenvalue weighted by atomic mass is 10.0. The van der Waals surface area contributed by atoms with Crippen LogP contribution in [0.2, 0.25) is 0 Å². The van der Waals surface area contributed by atoms with Crippen LogP contribution in [0.25, 0.3) is 0 Å². The van der Waals surface area contributed by atoms with Gasteiger partial charge in [-0.15, -0.1) is 0 Å². The number of nitrogens with one attached hydrogen (secondary N) is 1. The third kappa shape index (κ3) is 3.28. The van der Waals surface area contributed by atoms with E-state index in [1.807, 2.05) is 36.4 Å². The summed E-state index contributed by atoms with van der Waals surface area (Å²) in [7, 11) is 0. The van der Waals surface area contributed by atoms with Crippen LogP contribution >= 0.6 is 0 Å². The highest BCUT2D eigenvalue weighted by Crippen LogP contribution is 2.45. The quantitative estimate of drug-likeness (QED) is 0.671. The van der Waals surface area contributed by atoms with Crippen molar-refractivity contribution in [1.29, 1.82) is 0 Å². The molecule has 1 aromatic heterocycles. The number of para-hydroxylation sites is 1. The number of rotatable bonds is 6. The van der Waals surface area contributed by atoms with Gasteiger partial charge in [0.15, 0.2) is 0 Å². The molecule has 2 aliphatic heterocycles. The van der Waals surface area contributed by atoms with E-state index in [9.17, 15) is 14.4 Å². The summed E-state index contributed by atoms with van der Waals surface area (Å²) in [5, 5.41) is 2.86. The molecule has 2 aromatic carbocycles. The van der Waals surface area contributed by atoms with E-state index in [-0.39, 0.29) is 30.7 Å². The van der Waals surface area contributed by atoms with E-state index in [2.05, 4.69) is 5.32 Å². The molecule has 31 heavy (non-hydrogen) atoms. The SMILES string of the molecule is O=C(CCN1C(=O)c2ccccc2N2C(=O)c3ccccc3[C@@H]12)NCCc1ccco1. The second kappa shape index (κ2) is 7.75. The Hall–Kier alpha value is -3.87. The number of hydrogen-bond acceptors (Lipinski definition) is 4. The van der Waals surface area contributed by atoms with Crippen molar-refractivity contribution in [1.82, 2.24) is 10.2 Å². The van der Waals surface area contributed by atoms with Crippen LogP contribution in [0, 0.1) is 0 Å². The third-order valence-electron chi connectivity index (χ3n) is 5.74. The molecule has 0 saturated carbocycles. The molecule has 0 saturated heterocycles. The van der Waals surface area contributed by atoms with Gasteiger partial charge in [-0.1, -0.05) is 30.3 Å². The first-order chi connectivity index (χ1) is 15.1. The van der Waals surface area contributed by atoms with Gasteiger partial charge in [0.1, 0.15) is 11.9 Å². The largest absolute Gasteiger partial charge is 0.469 e. The summed E-state index contributed by atoms with van der Waals surface area (Å²) in [5.41, 5.74) is 2.45. The van der Waals surface area contributed by atoms with Crippen LogP contribution in [-0.4, -0.2) is 35.7 Å². The van der Waals surface area contributed by atoms with E-state index < -0.39 is 6.17 Å². The van der Waals surface area contributed by atoms with Gasteiger partial charge in [0.2, 0.25) is 5.91 Å². The number of hydrogen-bond donors (Lipinski definition) is 1. The Morgan fingerprint density at radius 2 is 1.71 bits per heavy atom. The molecule has 1 atom stereocenters. The molecule has 0 unspecified atom stereocenters. The van der Waals surface area contributed by atoms with Crippen molar-refractivity contribution in [2.45, 2.75) is 19.0 Å². The predicted molar refractivity (Wildman–Crippen MR) is 114 cm³/mol. The van der Waals surface area contributed by atoms with Gasteiger partial charge in [0, 0.05) is 37.1 Å². The second-order valence-electron chi connectivity index (χ2n) is 7.58. The van der Waals surface area contributed by atoms with Crippen molar-refractivity contribution < 1.29 is 18.8 Å². The highest BCUT2D eigenvalue weighted by molar-refractivity contribution is 6.16. The van der Waals surface area contributed by atoms with Crippen LogP contribution < -0.4 is 10.2 Å². The van der Waals surface area contributed by atoms with Crippen molar-refractivity contribution in [3.05, 3.63) is 89.4 Å². The molecule has 3 aromatic rings. The number of nitrogens with zero attached hydrogens (tertiary/aromatic N) is 2. The van der Waals surface area contributed by atoms with E-state index in [0.29, 0.717) is 29.8 Å². The van der Waals surface area contributed by atoms with Crippen LogP contribution in [0.15, 0.2) is 71.3 Å². The maximum absolute atomic E-state index is 13.3. The smallest absolute Gasteiger partial charge is 0.260 e. The van der Waals surface area contributed by atoms with E-state index in [1.54, 1.807) is 40.3 Å². The van der Waals surface area contributed by atoms with Crippen molar-refractivity contribution in [3.8, 4) is 0 Å². The van der Waals surface area contributed by atoms with Gasteiger partial charge in [0.25, 0.3) is 11.8 Å². The van der Waals surface area contributed by atoms with Gasteiger partial charge < -0.3 is 14.6 Å². The lowest BCUT2D eigenvalue weighted by molar-refractivity contribution is -0.121. The average Bonchev–Trinajstić information content (AvgIpc) is 3.41. The molecule has 156 valence electrons. The molecular weight excluding hydrogens is 394 g/mol. The minimum absolute atomic E-state index is 0.131. The lowest BCUT2D eigenvalue weighted by Gasteiger charge is -2.40. The minimum Gasteiger partial charge on any atom is -0.469 e. The van der Waals surface area contributed by atoms with Gasteiger partial charge in [-0.25, -0.2) is 0 Å². The standard InChI is InChI=1S/C24H21N3O4/c28-21(25-13-11-16-6-5-15-31-16)12-14-26-22-17-7-1-2-8-18(17)24(30)27(22)20-10-4-3-9-19(20)23(26)29/h1-10,15,22H,11-14H2,(H,25,28)/t22-/m0/s1. The van der Waals surface area contributed by atoms with Crippen LogP contribution in [0.4, 0.5) is 5.69 Å². The maximum atomic E-state index is 13.3. The van der Waals surface area contributed by atoms with Gasteiger partial charge in [-0.05, 0) is 30.3 Å². The van der Waals surface area contributed by atoms with Crippen LogP contribution in [0.3, 0.4) is 0 Å². The molecule has 3 heterocycles. The second-order valence-corrected chi connectivity index (χ2v) is 7.58. The summed E-state index contributed by atoms with van der Waals surface area (Å²) in [4.78, 5) is 42.1. The molecule has 0 radical (unpaired) electrons. The minimum atomic E-state index is -0.540. The van der Waals surface area contributed by atoms with E-state index in [1.165, 1.54) is 0 Å². The number of furan rings is 1. The highest BCUT2D eigenvalue weighted by atomic mass is 16.3. The van der Waals surface area contributed by atoms with Gasteiger partial charge in [0.05, 0.1) is 17.5 Å². The Labute approximate surface area is 179 Å². The zero-order valence-corrected chi connectivity index (χ0v) is 16.8. The molecule has 7 heteroatoms. The van der Waals surface area contributed by atoms with Crippen LogP contribution in [0.5, 0.6) is 0 Å². The molecule has 0 fully saturated rings. The fraction of sp³-hybridized carbons (Fsp3) is 0.208. The van der Waals surface area contributed by atoms with Gasteiger partial charge in [-0.3, -0.25) is 19.3 Å². The Kier molecular flexibility index (Phi) is 4.78. The Morgan fingerprint density at radius 1 is 0.935 bits per heavy atom. The molecular formula is C24H21N3O4. The monoisotopic (exact) mass is 415 g/mol. The molecule has 0 bridgehead atoms.